The molecule has 1 aromatic heterocycles. The van der Waals surface area contributed by atoms with Crippen LogP contribution in [0.2, 0.25) is 0 Å². The van der Waals surface area contributed by atoms with Crippen molar-refractivity contribution in [1.29, 1.82) is 0 Å². The largest absolute Gasteiger partial charge is 0.468 e. The van der Waals surface area contributed by atoms with E-state index in [2.05, 4.69) is 27.5 Å². The fourth-order valence-electron chi connectivity index (χ4n) is 1.49. The number of hydrogen-bond donors (Lipinski definition) is 1. The van der Waals surface area contributed by atoms with Crippen molar-refractivity contribution in [3.8, 4) is 5.19 Å². The molecule has 1 fully saturated rings. The summed E-state index contributed by atoms with van der Waals surface area (Å²) < 4.78 is 5.56. The highest BCUT2D eigenvalue weighted by molar-refractivity contribution is 7.13. The van der Waals surface area contributed by atoms with E-state index in [1.807, 2.05) is 7.05 Å². The van der Waals surface area contributed by atoms with Crippen LogP contribution in [0.1, 0.15) is 17.8 Å². The molecule has 0 aromatic carbocycles. The summed E-state index contributed by atoms with van der Waals surface area (Å²) in [6.07, 6.45) is 2.67. The lowest BCUT2D eigenvalue weighted by Crippen LogP contribution is -2.26. The molecule has 1 aliphatic rings. The molecule has 6 heteroatoms. The lowest BCUT2D eigenvalue weighted by atomic mass is 10.5. The molecule has 1 heterocycles. The van der Waals surface area contributed by atoms with E-state index >= 15 is 0 Å². The van der Waals surface area contributed by atoms with Gasteiger partial charge in [-0.1, -0.05) is 11.3 Å². The molecule has 0 saturated heterocycles. The van der Waals surface area contributed by atoms with Crippen LogP contribution < -0.4 is 10.1 Å². The van der Waals surface area contributed by atoms with Crippen LogP contribution in [-0.4, -0.2) is 48.4 Å². The summed E-state index contributed by atoms with van der Waals surface area (Å²) in [7, 11) is 4.04. The van der Waals surface area contributed by atoms with Crippen molar-refractivity contribution in [2.24, 2.45) is 0 Å². The summed E-state index contributed by atoms with van der Waals surface area (Å²) >= 11 is 1.51. The number of likely N-dealkylation sites (N-methyl/N-ethyl adjacent to an activating group) is 1. The molecule has 2 rings (SSSR count). The van der Waals surface area contributed by atoms with Gasteiger partial charge in [0.2, 0.25) is 0 Å². The number of hydrogen-bond acceptors (Lipinski definition) is 6. The normalized spacial score (nSPS) is 15.7. The molecular formula is C10H18N4OS. The maximum atomic E-state index is 5.56. The van der Waals surface area contributed by atoms with Crippen LogP contribution in [0.5, 0.6) is 5.19 Å². The smallest absolute Gasteiger partial charge is 0.294 e. The molecule has 0 spiro atoms. The van der Waals surface area contributed by atoms with E-state index in [4.69, 9.17) is 4.74 Å². The van der Waals surface area contributed by atoms with Gasteiger partial charge in [0.25, 0.3) is 5.19 Å². The zero-order valence-electron chi connectivity index (χ0n) is 9.77. The lowest BCUT2D eigenvalue weighted by Gasteiger charge is -2.14. The fourth-order valence-corrected chi connectivity index (χ4v) is 2.22. The monoisotopic (exact) mass is 242 g/mol. The van der Waals surface area contributed by atoms with Crippen molar-refractivity contribution in [1.82, 2.24) is 20.4 Å². The van der Waals surface area contributed by atoms with E-state index in [9.17, 15) is 0 Å². The second kappa shape index (κ2) is 5.56. The standard InChI is InChI=1S/C10H18N4OS/c1-11-7-9-12-13-10(16-9)15-6-5-14(2)8-3-4-8/h8,11H,3-7H2,1-2H3. The predicted molar refractivity (Wildman–Crippen MR) is 63.8 cm³/mol. The molecule has 1 aliphatic carbocycles. The summed E-state index contributed by atoms with van der Waals surface area (Å²) in [5.41, 5.74) is 0. The summed E-state index contributed by atoms with van der Waals surface area (Å²) in [6.45, 7) is 2.41. The first-order valence-electron chi connectivity index (χ1n) is 5.59. The van der Waals surface area contributed by atoms with Crippen molar-refractivity contribution in [2.75, 3.05) is 27.2 Å². The minimum Gasteiger partial charge on any atom is -0.468 e. The summed E-state index contributed by atoms with van der Waals surface area (Å²) in [6, 6.07) is 0.790. The van der Waals surface area contributed by atoms with Crippen LogP contribution in [0.25, 0.3) is 0 Å². The number of ether oxygens (including phenoxy) is 1. The maximum Gasteiger partial charge on any atom is 0.294 e. The molecule has 0 unspecified atom stereocenters. The molecular weight excluding hydrogens is 224 g/mol. The van der Waals surface area contributed by atoms with E-state index in [-0.39, 0.29) is 0 Å². The number of nitrogens with one attached hydrogen (secondary N) is 1. The highest BCUT2D eigenvalue weighted by atomic mass is 32.1. The molecule has 90 valence electrons. The maximum absolute atomic E-state index is 5.56. The van der Waals surface area contributed by atoms with Crippen molar-refractivity contribution in [3.63, 3.8) is 0 Å². The molecule has 1 N–H and O–H groups in total. The molecule has 0 atom stereocenters. The van der Waals surface area contributed by atoms with Crippen molar-refractivity contribution in [3.05, 3.63) is 5.01 Å². The SMILES string of the molecule is CNCc1nnc(OCCN(C)C2CC2)s1. The quantitative estimate of drug-likeness (QED) is 0.764. The Morgan fingerprint density at radius 1 is 1.50 bits per heavy atom. The van der Waals surface area contributed by atoms with Crippen molar-refractivity contribution in [2.45, 2.75) is 25.4 Å². The van der Waals surface area contributed by atoms with Gasteiger partial charge in [-0.25, -0.2) is 0 Å². The van der Waals surface area contributed by atoms with Crippen LogP contribution >= 0.6 is 11.3 Å². The highest BCUT2D eigenvalue weighted by Gasteiger charge is 2.25. The second-order valence-corrected chi connectivity index (χ2v) is 5.08. The molecule has 0 aliphatic heterocycles. The summed E-state index contributed by atoms with van der Waals surface area (Å²) in [5.74, 6) is 0. The fraction of sp³-hybridized carbons (Fsp3) is 0.800. The molecule has 16 heavy (non-hydrogen) atoms. The van der Waals surface area contributed by atoms with Gasteiger partial charge in [-0.15, -0.1) is 10.2 Å². The van der Waals surface area contributed by atoms with Gasteiger partial charge in [-0.05, 0) is 26.9 Å². The first-order chi connectivity index (χ1) is 7.79. The molecule has 0 radical (unpaired) electrons. The average molecular weight is 242 g/mol. The second-order valence-electron chi connectivity index (χ2n) is 4.05. The zero-order chi connectivity index (χ0) is 11.4. The third-order valence-corrected chi connectivity index (χ3v) is 3.45. The van der Waals surface area contributed by atoms with Crippen LogP contribution in [0.4, 0.5) is 0 Å². The topological polar surface area (TPSA) is 50.3 Å². The van der Waals surface area contributed by atoms with E-state index in [0.717, 1.165) is 24.1 Å². The third-order valence-electron chi connectivity index (χ3n) is 2.62. The Morgan fingerprint density at radius 3 is 3.00 bits per heavy atom. The van der Waals surface area contributed by atoms with Gasteiger partial charge in [-0.2, -0.15) is 0 Å². The number of nitrogens with zero attached hydrogens (tertiary/aromatic N) is 3. The minimum absolute atomic E-state index is 0.675. The van der Waals surface area contributed by atoms with Crippen LogP contribution in [0.3, 0.4) is 0 Å². The number of aromatic nitrogens is 2. The van der Waals surface area contributed by atoms with E-state index < -0.39 is 0 Å². The Bertz CT molecular complexity index is 326. The molecule has 0 amide bonds. The molecule has 1 saturated carbocycles. The van der Waals surface area contributed by atoms with E-state index in [1.165, 1.54) is 24.2 Å². The minimum atomic E-state index is 0.675. The molecule has 5 nitrogen and oxygen atoms in total. The van der Waals surface area contributed by atoms with Crippen molar-refractivity contribution >= 4 is 11.3 Å². The predicted octanol–water partition coefficient (Wildman–Crippen LogP) is 0.730. The van der Waals surface area contributed by atoms with E-state index in [1.54, 1.807) is 0 Å². The average Bonchev–Trinajstić information content (AvgIpc) is 3.02. The first-order valence-corrected chi connectivity index (χ1v) is 6.41. The summed E-state index contributed by atoms with van der Waals surface area (Å²) in [5, 5.41) is 12.7. The van der Waals surface area contributed by atoms with Crippen LogP contribution in [0, 0.1) is 0 Å². The lowest BCUT2D eigenvalue weighted by molar-refractivity contribution is 0.230. The van der Waals surface area contributed by atoms with Gasteiger partial charge < -0.3 is 15.0 Å². The first kappa shape index (κ1) is 11.8. The Labute approximate surface area is 99.8 Å². The molecule has 1 aromatic rings. The van der Waals surface area contributed by atoms with Crippen LogP contribution in [0.15, 0.2) is 0 Å². The highest BCUT2D eigenvalue weighted by Crippen LogP contribution is 2.25. The summed E-state index contributed by atoms with van der Waals surface area (Å²) in [4.78, 5) is 2.34. The van der Waals surface area contributed by atoms with Gasteiger partial charge >= 0.3 is 0 Å². The third kappa shape index (κ3) is 3.40. The Kier molecular flexibility index (Phi) is 4.09. The zero-order valence-corrected chi connectivity index (χ0v) is 10.6. The Balaban J connectivity index is 1.67. The van der Waals surface area contributed by atoms with Gasteiger partial charge in [0, 0.05) is 19.1 Å². The van der Waals surface area contributed by atoms with E-state index in [0.29, 0.717) is 11.8 Å². The van der Waals surface area contributed by atoms with Crippen LogP contribution in [-0.2, 0) is 6.54 Å². The van der Waals surface area contributed by atoms with Gasteiger partial charge in [0.15, 0.2) is 0 Å². The van der Waals surface area contributed by atoms with Crippen molar-refractivity contribution < 1.29 is 4.74 Å². The van der Waals surface area contributed by atoms with Gasteiger partial charge in [0.1, 0.15) is 11.6 Å². The Morgan fingerprint density at radius 2 is 2.31 bits per heavy atom. The number of rotatable bonds is 7. The van der Waals surface area contributed by atoms with Gasteiger partial charge in [-0.3, -0.25) is 0 Å². The van der Waals surface area contributed by atoms with Gasteiger partial charge in [0.05, 0.1) is 0 Å². The molecule has 0 bridgehead atoms. The Hall–Kier alpha value is -0.720.